The van der Waals surface area contributed by atoms with Crippen LogP contribution < -0.4 is 0 Å². The van der Waals surface area contributed by atoms with Crippen molar-refractivity contribution in [3.05, 3.63) is 65.0 Å². The van der Waals surface area contributed by atoms with Gasteiger partial charge in [0.25, 0.3) is 0 Å². The lowest BCUT2D eigenvalue weighted by Crippen LogP contribution is -1.96. The first kappa shape index (κ1) is 10.3. The monoisotopic (exact) mass is 227 g/mol. The second-order valence-electron chi connectivity index (χ2n) is 4.40. The summed E-state index contributed by atoms with van der Waals surface area (Å²) in [5.41, 5.74) is 2.98. The molecule has 1 aliphatic rings. The molecule has 1 N–H and O–H groups in total. The Morgan fingerprint density at radius 1 is 1.29 bits per heavy atom. The number of hydrogen-bond acceptors (Lipinski definition) is 1. The first-order valence-corrected chi connectivity index (χ1v) is 5.73. The van der Waals surface area contributed by atoms with Gasteiger partial charge in [-0.3, -0.25) is 0 Å². The van der Waals surface area contributed by atoms with Crippen LogP contribution in [0.4, 0.5) is 4.39 Å². The molecule has 3 rings (SSSR count). The third-order valence-corrected chi connectivity index (χ3v) is 3.40. The Kier molecular flexibility index (Phi) is 2.36. The topological polar surface area (TPSA) is 20.2 Å². The summed E-state index contributed by atoms with van der Waals surface area (Å²) in [5, 5.41) is 9.85. The molecule has 1 radical (unpaired) electrons. The second-order valence-corrected chi connectivity index (χ2v) is 4.40. The van der Waals surface area contributed by atoms with Crippen molar-refractivity contribution in [1.29, 1.82) is 0 Å². The van der Waals surface area contributed by atoms with E-state index in [9.17, 15) is 9.50 Å². The number of aryl methyl sites for hydroxylation is 1. The minimum Gasteiger partial charge on any atom is -0.508 e. The van der Waals surface area contributed by atoms with Crippen molar-refractivity contribution in [2.45, 2.75) is 18.8 Å². The van der Waals surface area contributed by atoms with Gasteiger partial charge in [-0.15, -0.1) is 0 Å². The molecule has 1 aliphatic carbocycles. The zero-order valence-electron chi connectivity index (χ0n) is 9.28. The van der Waals surface area contributed by atoms with Crippen molar-refractivity contribution < 1.29 is 9.50 Å². The molecule has 0 amide bonds. The number of halogens is 1. The van der Waals surface area contributed by atoms with Crippen molar-refractivity contribution in [3.63, 3.8) is 0 Å². The van der Waals surface area contributed by atoms with Crippen LogP contribution in [0.25, 0.3) is 0 Å². The van der Waals surface area contributed by atoms with Crippen molar-refractivity contribution in [2.24, 2.45) is 0 Å². The molecule has 0 saturated carbocycles. The number of phenolic OH excluding ortho intramolecular Hbond substituents is 1. The van der Waals surface area contributed by atoms with Crippen LogP contribution in [0, 0.1) is 11.9 Å². The van der Waals surface area contributed by atoms with Gasteiger partial charge >= 0.3 is 0 Å². The summed E-state index contributed by atoms with van der Waals surface area (Å²) in [7, 11) is 0. The fourth-order valence-corrected chi connectivity index (χ4v) is 2.61. The molecule has 0 bridgehead atoms. The van der Waals surface area contributed by atoms with E-state index >= 15 is 0 Å². The van der Waals surface area contributed by atoms with Crippen molar-refractivity contribution in [1.82, 2.24) is 0 Å². The van der Waals surface area contributed by atoms with E-state index in [1.807, 2.05) is 6.07 Å². The third-order valence-electron chi connectivity index (χ3n) is 3.40. The van der Waals surface area contributed by atoms with E-state index in [1.54, 1.807) is 24.3 Å². The fraction of sp³-hybridized carbons (Fsp3) is 0.200. The van der Waals surface area contributed by atoms with Crippen LogP contribution in [0.2, 0.25) is 0 Å². The summed E-state index contributed by atoms with van der Waals surface area (Å²) in [6, 6.07) is 13.2. The maximum atomic E-state index is 13.1. The molecule has 0 aromatic heterocycles. The van der Waals surface area contributed by atoms with Crippen LogP contribution in [-0.2, 0) is 6.42 Å². The predicted octanol–water partition coefficient (Wildman–Crippen LogP) is 3.41. The van der Waals surface area contributed by atoms with Gasteiger partial charge in [0.05, 0.1) is 0 Å². The molecule has 0 aliphatic heterocycles. The maximum absolute atomic E-state index is 13.1. The van der Waals surface area contributed by atoms with E-state index in [4.69, 9.17) is 0 Å². The fourth-order valence-electron chi connectivity index (χ4n) is 2.61. The van der Waals surface area contributed by atoms with Gasteiger partial charge in [-0.2, -0.15) is 0 Å². The lowest BCUT2D eigenvalue weighted by Gasteiger charge is -2.13. The van der Waals surface area contributed by atoms with E-state index in [1.165, 1.54) is 6.07 Å². The Balaban J connectivity index is 2.07. The number of rotatable bonds is 1. The summed E-state index contributed by atoms with van der Waals surface area (Å²) in [4.78, 5) is 0. The summed E-state index contributed by atoms with van der Waals surface area (Å²) < 4.78 is 13.1. The van der Waals surface area contributed by atoms with Gasteiger partial charge in [0, 0.05) is 11.5 Å². The normalized spacial score (nSPS) is 18.1. The molecule has 1 nitrogen and oxygen atoms in total. The Bertz CT molecular complexity index is 563. The van der Waals surface area contributed by atoms with Gasteiger partial charge in [0.15, 0.2) is 0 Å². The van der Waals surface area contributed by atoms with Gasteiger partial charge in [-0.05, 0) is 48.2 Å². The van der Waals surface area contributed by atoms with E-state index in [0.29, 0.717) is 0 Å². The summed E-state index contributed by atoms with van der Waals surface area (Å²) in [6.07, 6.45) is 1.77. The van der Waals surface area contributed by atoms with Gasteiger partial charge in [-0.1, -0.05) is 18.2 Å². The lowest BCUT2D eigenvalue weighted by atomic mass is 9.92. The minimum absolute atomic E-state index is 0.145. The van der Waals surface area contributed by atoms with Gasteiger partial charge in [0.1, 0.15) is 11.6 Å². The smallest absolute Gasteiger partial charge is 0.123 e. The summed E-state index contributed by atoms with van der Waals surface area (Å²) >= 11 is 0. The predicted molar refractivity (Wildman–Crippen MR) is 63.5 cm³/mol. The zero-order chi connectivity index (χ0) is 11.8. The van der Waals surface area contributed by atoms with Crippen LogP contribution >= 0.6 is 0 Å². The van der Waals surface area contributed by atoms with E-state index in [2.05, 4.69) is 6.07 Å². The Morgan fingerprint density at radius 2 is 2.18 bits per heavy atom. The molecule has 85 valence electrons. The first-order chi connectivity index (χ1) is 8.25. The van der Waals surface area contributed by atoms with Crippen LogP contribution in [0.3, 0.4) is 0 Å². The molecule has 0 saturated heterocycles. The lowest BCUT2D eigenvalue weighted by molar-refractivity contribution is 0.464. The first-order valence-electron chi connectivity index (χ1n) is 5.73. The molecule has 2 aromatic rings. The highest BCUT2D eigenvalue weighted by Gasteiger charge is 2.26. The van der Waals surface area contributed by atoms with E-state index < -0.39 is 0 Å². The summed E-state index contributed by atoms with van der Waals surface area (Å²) in [6.45, 7) is 0. The minimum atomic E-state index is -0.189. The number of phenols is 1. The average molecular weight is 227 g/mol. The van der Waals surface area contributed by atoms with Crippen molar-refractivity contribution in [2.75, 3.05) is 0 Å². The highest BCUT2D eigenvalue weighted by Crippen LogP contribution is 2.41. The standard InChI is InChI=1S/C15H12FO/c16-11-6-8-12-10(9-11)5-7-13(12)14-3-1-2-4-15(14)17/h1-2,4,6,8-9,13,17H,5,7H2. The van der Waals surface area contributed by atoms with Gasteiger partial charge in [-0.25, -0.2) is 4.39 Å². The Morgan fingerprint density at radius 3 is 3.00 bits per heavy atom. The van der Waals surface area contributed by atoms with Gasteiger partial charge < -0.3 is 5.11 Å². The van der Waals surface area contributed by atoms with E-state index in [0.717, 1.165) is 29.5 Å². The molecule has 17 heavy (non-hydrogen) atoms. The van der Waals surface area contributed by atoms with Crippen molar-refractivity contribution in [3.8, 4) is 5.75 Å². The molecule has 2 heteroatoms. The molecule has 0 fully saturated rings. The molecule has 0 spiro atoms. The molecule has 1 unspecified atom stereocenters. The molecular weight excluding hydrogens is 215 g/mol. The second kappa shape index (κ2) is 3.88. The number of fused-ring (bicyclic) bond motifs is 1. The largest absolute Gasteiger partial charge is 0.508 e. The van der Waals surface area contributed by atoms with Crippen molar-refractivity contribution >= 4 is 0 Å². The summed E-state index contributed by atoms with van der Waals surface area (Å²) in [5.74, 6) is 0.229. The Labute approximate surface area is 99.5 Å². The Hall–Kier alpha value is -1.83. The van der Waals surface area contributed by atoms with Crippen LogP contribution in [0.15, 0.2) is 36.4 Å². The zero-order valence-corrected chi connectivity index (χ0v) is 9.28. The number of hydrogen-bond donors (Lipinski definition) is 1. The molecular formula is C15H12FO. The highest BCUT2D eigenvalue weighted by atomic mass is 19.1. The molecule has 2 aromatic carbocycles. The van der Waals surface area contributed by atoms with Crippen LogP contribution in [0.1, 0.15) is 29.0 Å². The van der Waals surface area contributed by atoms with Crippen LogP contribution in [-0.4, -0.2) is 5.11 Å². The van der Waals surface area contributed by atoms with Crippen LogP contribution in [0.5, 0.6) is 5.75 Å². The SMILES string of the molecule is Oc1ccc[c]c1C1CCc2cc(F)ccc21. The third kappa shape index (κ3) is 1.70. The maximum Gasteiger partial charge on any atom is 0.123 e. The number of aromatic hydroxyl groups is 1. The quantitative estimate of drug-likeness (QED) is 0.791. The average Bonchev–Trinajstić information content (AvgIpc) is 2.72. The number of benzene rings is 2. The molecule has 1 atom stereocenters. The highest BCUT2D eigenvalue weighted by molar-refractivity contribution is 5.46. The van der Waals surface area contributed by atoms with E-state index in [-0.39, 0.29) is 17.5 Å². The van der Waals surface area contributed by atoms with Gasteiger partial charge in [0.2, 0.25) is 0 Å². The molecule has 0 heterocycles.